The summed E-state index contributed by atoms with van der Waals surface area (Å²) in [6, 6.07) is 3.36. The van der Waals surface area contributed by atoms with E-state index in [-0.39, 0.29) is 0 Å². The van der Waals surface area contributed by atoms with Crippen LogP contribution in [0.15, 0.2) is 12.1 Å². The molecule has 0 radical (unpaired) electrons. The summed E-state index contributed by atoms with van der Waals surface area (Å²) >= 11 is 17.3. The summed E-state index contributed by atoms with van der Waals surface area (Å²) in [5.41, 5.74) is 0.809. The van der Waals surface area contributed by atoms with Crippen molar-refractivity contribution < 1.29 is 4.74 Å². The second-order valence-electron chi connectivity index (χ2n) is 2.21. The van der Waals surface area contributed by atoms with Gasteiger partial charge in [0.2, 0.25) is 0 Å². The Balaban J connectivity index is 3.16. The predicted octanol–water partition coefficient (Wildman–Crippen LogP) is 3.74. The van der Waals surface area contributed by atoms with Crippen LogP contribution in [0.2, 0.25) is 10.0 Å². The molecule has 0 fully saturated rings. The van der Waals surface area contributed by atoms with Gasteiger partial charge in [-0.05, 0) is 11.6 Å². The molecule has 1 nitrogen and oxygen atoms in total. The first-order valence-electron chi connectivity index (χ1n) is 3.27. The maximum atomic E-state index is 5.86. The zero-order chi connectivity index (χ0) is 9.14. The van der Waals surface area contributed by atoms with Gasteiger partial charge in [0.25, 0.3) is 0 Å². The molecular weight excluding hydrogens is 218 g/mol. The second kappa shape index (κ2) is 4.22. The van der Waals surface area contributed by atoms with Gasteiger partial charge < -0.3 is 4.74 Å². The van der Waals surface area contributed by atoms with Crippen molar-refractivity contribution in [3.05, 3.63) is 27.7 Å². The lowest BCUT2D eigenvalue weighted by atomic mass is 10.2. The molecule has 0 bridgehead atoms. The molecule has 0 N–H and O–H groups in total. The zero-order valence-electron chi connectivity index (χ0n) is 6.40. The number of halogens is 3. The molecular formula is C8H7Cl3O. The number of benzene rings is 1. The third-order valence-electron chi connectivity index (χ3n) is 1.46. The molecule has 0 aliphatic carbocycles. The van der Waals surface area contributed by atoms with E-state index < -0.39 is 0 Å². The Hall–Kier alpha value is -0.110. The number of rotatable bonds is 2. The number of hydrogen-bond donors (Lipinski definition) is 0. The van der Waals surface area contributed by atoms with Gasteiger partial charge in [-0.1, -0.05) is 23.2 Å². The summed E-state index contributed by atoms with van der Waals surface area (Å²) in [5, 5.41) is 1.10. The highest BCUT2D eigenvalue weighted by Gasteiger charge is 2.06. The third-order valence-corrected chi connectivity index (χ3v) is 2.40. The van der Waals surface area contributed by atoms with Crippen molar-refractivity contribution >= 4 is 34.8 Å². The standard InChI is InChI=1S/C8H7Cl3O/c1-12-8-3-6(10)5(4-9)2-7(8)11/h2-3H,4H2,1H3. The van der Waals surface area contributed by atoms with E-state index >= 15 is 0 Å². The van der Waals surface area contributed by atoms with E-state index in [9.17, 15) is 0 Å². The van der Waals surface area contributed by atoms with Crippen LogP contribution >= 0.6 is 34.8 Å². The van der Waals surface area contributed by atoms with Crippen LogP contribution in [0.25, 0.3) is 0 Å². The monoisotopic (exact) mass is 224 g/mol. The highest BCUT2D eigenvalue weighted by Crippen LogP contribution is 2.31. The number of hydrogen-bond acceptors (Lipinski definition) is 1. The van der Waals surface area contributed by atoms with Crippen LogP contribution in [0.3, 0.4) is 0 Å². The van der Waals surface area contributed by atoms with E-state index in [2.05, 4.69) is 0 Å². The molecule has 4 heteroatoms. The van der Waals surface area contributed by atoms with Gasteiger partial charge in [-0.15, -0.1) is 11.6 Å². The summed E-state index contributed by atoms with van der Waals surface area (Å²) < 4.78 is 4.97. The summed E-state index contributed by atoms with van der Waals surface area (Å²) in [5.74, 6) is 0.915. The van der Waals surface area contributed by atoms with Crippen molar-refractivity contribution in [1.82, 2.24) is 0 Å². The van der Waals surface area contributed by atoms with Crippen molar-refractivity contribution in [3.63, 3.8) is 0 Å². The molecule has 0 aromatic heterocycles. The fourth-order valence-electron chi connectivity index (χ4n) is 0.829. The van der Waals surface area contributed by atoms with Gasteiger partial charge in [-0.2, -0.15) is 0 Å². The minimum absolute atomic E-state index is 0.350. The van der Waals surface area contributed by atoms with Gasteiger partial charge in [0, 0.05) is 17.0 Å². The van der Waals surface area contributed by atoms with Gasteiger partial charge in [0.1, 0.15) is 5.75 Å². The molecule has 1 aromatic carbocycles. The Morgan fingerprint density at radius 2 is 1.92 bits per heavy atom. The molecule has 0 amide bonds. The maximum Gasteiger partial charge on any atom is 0.138 e. The minimum Gasteiger partial charge on any atom is -0.495 e. The fourth-order valence-corrected chi connectivity index (χ4v) is 1.60. The fraction of sp³-hybridized carbons (Fsp3) is 0.250. The molecule has 0 unspecified atom stereocenters. The molecule has 12 heavy (non-hydrogen) atoms. The van der Waals surface area contributed by atoms with E-state index in [4.69, 9.17) is 39.5 Å². The van der Waals surface area contributed by atoms with Crippen molar-refractivity contribution in [2.24, 2.45) is 0 Å². The van der Waals surface area contributed by atoms with Crippen molar-refractivity contribution in [2.45, 2.75) is 5.88 Å². The van der Waals surface area contributed by atoms with Crippen molar-refractivity contribution in [3.8, 4) is 5.75 Å². The lowest BCUT2D eigenvalue weighted by molar-refractivity contribution is 0.415. The lowest BCUT2D eigenvalue weighted by Crippen LogP contribution is -1.87. The van der Waals surface area contributed by atoms with Gasteiger partial charge in [0.05, 0.1) is 12.1 Å². The van der Waals surface area contributed by atoms with E-state index in [0.29, 0.717) is 21.7 Å². The lowest BCUT2D eigenvalue weighted by Gasteiger charge is -2.05. The largest absolute Gasteiger partial charge is 0.495 e. The molecule has 1 aromatic rings. The Kier molecular flexibility index (Phi) is 3.51. The van der Waals surface area contributed by atoms with Crippen LogP contribution in [0, 0.1) is 0 Å². The summed E-state index contributed by atoms with van der Waals surface area (Å²) in [4.78, 5) is 0. The van der Waals surface area contributed by atoms with Crippen molar-refractivity contribution in [2.75, 3.05) is 7.11 Å². The normalized spacial score (nSPS) is 10.0. The summed E-state index contributed by atoms with van der Waals surface area (Å²) in [6.07, 6.45) is 0. The molecule has 1 rings (SSSR count). The first-order valence-corrected chi connectivity index (χ1v) is 4.56. The second-order valence-corrected chi connectivity index (χ2v) is 3.29. The number of ether oxygens (including phenoxy) is 1. The average molecular weight is 226 g/mol. The van der Waals surface area contributed by atoms with E-state index in [1.54, 1.807) is 12.1 Å². The molecule has 0 saturated heterocycles. The Labute approximate surface area is 86.2 Å². The summed E-state index contributed by atoms with van der Waals surface area (Å²) in [6.45, 7) is 0. The van der Waals surface area contributed by atoms with Crippen LogP contribution in [-0.4, -0.2) is 7.11 Å². The van der Waals surface area contributed by atoms with Gasteiger partial charge >= 0.3 is 0 Å². The van der Waals surface area contributed by atoms with E-state index in [1.165, 1.54) is 7.11 Å². The minimum atomic E-state index is 0.350. The quantitative estimate of drug-likeness (QED) is 0.697. The van der Waals surface area contributed by atoms with Crippen LogP contribution in [0.5, 0.6) is 5.75 Å². The Bertz CT molecular complexity index is 256. The van der Waals surface area contributed by atoms with Crippen LogP contribution in [-0.2, 0) is 5.88 Å². The topological polar surface area (TPSA) is 9.23 Å². The van der Waals surface area contributed by atoms with Gasteiger partial charge in [-0.3, -0.25) is 0 Å². The van der Waals surface area contributed by atoms with Gasteiger partial charge in [0.15, 0.2) is 0 Å². The Morgan fingerprint density at radius 3 is 2.42 bits per heavy atom. The molecule has 0 heterocycles. The maximum absolute atomic E-state index is 5.86. The first kappa shape index (κ1) is 9.97. The Morgan fingerprint density at radius 1 is 1.25 bits per heavy atom. The molecule has 0 aliphatic heterocycles. The van der Waals surface area contributed by atoms with Crippen LogP contribution < -0.4 is 4.74 Å². The first-order chi connectivity index (χ1) is 5.69. The molecule has 66 valence electrons. The SMILES string of the molecule is COc1cc(Cl)c(CCl)cc1Cl. The number of methoxy groups -OCH3 is 1. The van der Waals surface area contributed by atoms with Crippen LogP contribution in [0.4, 0.5) is 0 Å². The highest BCUT2D eigenvalue weighted by atomic mass is 35.5. The highest BCUT2D eigenvalue weighted by molar-refractivity contribution is 6.35. The molecule has 0 atom stereocenters. The van der Waals surface area contributed by atoms with Crippen LogP contribution in [0.1, 0.15) is 5.56 Å². The van der Waals surface area contributed by atoms with E-state index in [0.717, 1.165) is 5.56 Å². The molecule has 0 spiro atoms. The zero-order valence-corrected chi connectivity index (χ0v) is 8.67. The van der Waals surface area contributed by atoms with E-state index in [1.807, 2.05) is 0 Å². The average Bonchev–Trinajstić information content (AvgIpc) is 2.08. The molecule has 0 saturated carbocycles. The molecule has 0 aliphatic rings. The third kappa shape index (κ3) is 1.98. The van der Waals surface area contributed by atoms with Crippen molar-refractivity contribution in [1.29, 1.82) is 0 Å². The number of alkyl halides is 1. The van der Waals surface area contributed by atoms with Gasteiger partial charge in [-0.25, -0.2) is 0 Å². The summed E-state index contributed by atoms with van der Waals surface area (Å²) in [7, 11) is 1.54. The predicted molar refractivity (Wildman–Crippen MR) is 52.6 cm³/mol. The smallest absolute Gasteiger partial charge is 0.138 e.